The second-order valence-electron chi connectivity index (χ2n) is 11.1. The molecule has 2 amide bonds. The van der Waals surface area contributed by atoms with Crippen LogP contribution < -0.4 is 5.32 Å². The highest BCUT2D eigenvalue weighted by Gasteiger charge is 2.52. The maximum atomic E-state index is 15.0. The highest BCUT2D eigenvalue weighted by Crippen LogP contribution is 2.43. The Morgan fingerprint density at radius 2 is 1.82 bits per heavy atom. The number of ether oxygens (including phenoxy) is 1. The molecule has 202 valence electrons. The van der Waals surface area contributed by atoms with Gasteiger partial charge in [-0.15, -0.1) is 0 Å². The number of piperidine rings is 1. The largest absolute Gasteiger partial charge is 0.444 e. The Hall–Kier alpha value is -3.45. The molecule has 2 bridgehead atoms. The standard InChI is InChI=1S/C28H32FN3O5S/c1-28(2,3)37-27(34)32-22-10-7-20(14-22)25(32)26(33)31-21(16-30)13-19-6-5-18(15-24(19)29)17-8-11-23(12-9-17)38(4,35)36/h5-6,8-9,11-12,15,20-22,25H,7,10,13-14H2,1-4H3,(H,31,33)/t20-,21-,22+,25-/m0/s1. The van der Waals surface area contributed by atoms with E-state index < -0.39 is 45.3 Å². The van der Waals surface area contributed by atoms with Crippen molar-refractivity contribution in [3.8, 4) is 17.2 Å². The zero-order valence-electron chi connectivity index (χ0n) is 21.9. The number of halogens is 1. The maximum Gasteiger partial charge on any atom is 0.411 e. The number of carbonyl (C=O) groups excluding carboxylic acids is 2. The van der Waals surface area contributed by atoms with E-state index in [1.54, 1.807) is 45.0 Å². The first-order valence-corrected chi connectivity index (χ1v) is 14.5. The molecule has 0 unspecified atom stereocenters. The zero-order chi connectivity index (χ0) is 27.8. The SMILES string of the molecule is CC(C)(C)OC(=O)N1[C@@H]2CC[C@@H](C2)[C@H]1C(=O)N[C@H](C#N)Cc1ccc(-c2ccc(S(C)(=O)=O)cc2)cc1F. The van der Waals surface area contributed by atoms with E-state index in [-0.39, 0.29) is 28.8 Å². The van der Waals surface area contributed by atoms with Crippen molar-refractivity contribution < 1.29 is 27.1 Å². The summed E-state index contributed by atoms with van der Waals surface area (Å²) in [7, 11) is -3.34. The number of benzene rings is 2. The first-order chi connectivity index (χ1) is 17.8. The van der Waals surface area contributed by atoms with Crippen LogP contribution in [0.3, 0.4) is 0 Å². The van der Waals surface area contributed by atoms with Crippen molar-refractivity contribution in [2.24, 2.45) is 5.92 Å². The summed E-state index contributed by atoms with van der Waals surface area (Å²) >= 11 is 0. The van der Waals surface area contributed by atoms with E-state index in [1.807, 2.05) is 6.07 Å². The number of nitrogens with one attached hydrogen (secondary N) is 1. The summed E-state index contributed by atoms with van der Waals surface area (Å²) in [5.74, 6) is -0.978. The van der Waals surface area contributed by atoms with Crippen LogP contribution in [0.4, 0.5) is 9.18 Å². The molecule has 1 aliphatic heterocycles. The summed E-state index contributed by atoms with van der Waals surface area (Å²) < 4.78 is 43.9. The number of hydrogen-bond acceptors (Lipinski definition) is 6. The first-order valence-electron chi connectivity index (χ1n) is 12.6. The van der Waals surface area contributed by atoms with Gasteiger partial charge in [-0.1, -0.05) is 24.3 Å². The minimum absolute atomic E-state index is 0.00281. The topological polar surface area (TPSA) is 117 Å². The summed E-state index contributed by atoms with van der Waals surface area (Å²) in [5, 5.41) is 12.4. The number of sulfone groups is 1. The minimum Gasteiger partial charge on any atom is -0.444 e. The van der Waals surface area contributed by atoms with E-state index >= 15 is 0 Å². The molecule has 1 N–H and O–H groups in total. The first kappa shape index (κ1) is 27.6. The molecule has 2 fully saturated rings. The molecule has 0 radical (unpaired) electrons. The van der Waals surface area contributed by atoms with Crippen molar-refractivity contribution in [1.82, 2.24) is 10.2 Å². The summed E-state index contributed by atoms with van der Waals surface area (Å²) in [6.45, 7) is 5.31. The third kappa shape index (κ3) is 5.99. The van der Waals surface area contributed by atoms with Crippen molar-refractivity contribution in [2.45, 2.75) is 75.1 Å². The summed E-state index contributed by atoms with van der Waals surface area (Å²) in [4.78, 5) is 27.8. The molecule has 1 aliphatic carbocycles. The van der Waals surface area contributed by atoms with Gasteiger partial charge in [0.15, 0.2) is 9.84 Å². The van der Waals surface area contributed by atoms with Gasteiger partial charge < -0.3 is 10.1 Å². The van der Waals surface area contributed by atoms with Gasteiger partial charge in [0, 0.05) is 18.7 Å². The van der Waals surface area contributed by atoms with E-state index in [2.05, 4.69) is 5.32 Å². The highest BCUT2D eigenvalue weighted by atomic mass is 32.2. The second kappa shape index (κ2) is 10.4. The van der Waals surface area contributed by atoms with Crippen LogP contribution in [-0.2, 0) is 25.8 Å². The Morgan fingerprint density at radius 3 is 2.39 bits per heavy atom. The number of rotatable bonds is 6. The molecule has 38 heavy (non-hydrogen) atoms. The van der Waals surface area contributed by atoms with Crippen LogP contribution in [-0.4, -0.2) is 55.3 Å². The van der Waals surface area contributed by atoms with Crippen LogP contribution >= 0.6 is 0 Å². The minimum atomic E-state index is -3.34. The van der Waals surface area contributed by atoms with Gasteiger partial charge in [-0.25, -0.2) is 17.6 Å². The number of nitriles is 1. The van der Waals surface area contributed by atoms with Gasteiger partial charge >= 0.3 is 6.09 Å². The monoisotopic (exact) mass is 541 g/mol. The number of amides is 2. The summed E-state index contributed by atoms with van der Waals surface area (Å²) in [6.07, 6.45) is 2.88. The molecule has 8 nitrogen and oxygen atoms in total. The van der Waals surface area contributed by atoms with Crippen LogP contribution in [0.2, 0.25) is 0 Å². The number of hydrogen-bond donors (Lipinski definition) is 1. The molecule has 0 aromatic heterocycles. The summed E-state index contributed by atoms with van der Waals surface area (Å²) in [5.41, 5.74) is 0.754. The number of likely N-dealkylation sites (tertiary alicyclic amines) is 1. The van der Waals surface area contributed by atoms with Crippen molar-refractivity contribution >= 4 is 21.8 Å². The van der Waals surface area contributed by atoms with E-state index in [9.17, 15) is 27.7 Å². The summed E-state index contributed by atoms with van der Waals surface area (Å²) in [6, 6.07) is 11.0. The van der Waals surface area contributed by atoms with E-state index in [0.717, 1.165) is 25.5 Å². The molecule has 0 spiro atoms. The Balaban J connectivity index is 1.45. The lowest BCUT2D eigenvalue weighted by atomic mass is 9.97. The fourth-order valence-electron chi connectivity index (χ4n) is 5.30. The molecule has 4 atom stereocenters. The maximum absolute atomic E-state index is 15.0. The van der Waals surface area contributed by atoms with Crippen LogP contribution in [0.5, 0.6) is 0 Å². The molecular formula is C28H32FN3O5S. The van der Waals surface area contributed by atoms with E-state index in [1.165, 1.54) is 23.1 Å². The van der Waals surface area contributed by atoms with Crippen molar-refractivity contribution in [3.05, 3.63) is 53.8 Å². The van der Waals surface area contributed by atoms with Gasteiger partial charge in [0.25, 0.3) is 0 Å². The Bertz CT molecular complexity index is 1380. The molecule has 2 aromatic rings. The van der Waals surface area contributed by atoms with Crippen molar-refractivity contribution in [2.75, 3.05) is 6.26 Å². The van der Waals surface area contributed by atoms with Gasteiger partial charge in [0.05, 0.1) is 11.0 Å². The van der Waals surface area contributed by atoms with Crippen LogP contribution in [0.25, 0.3) is 11.1 Å². The normalized spacial score (nSPS) is 21.6. The predicted octanol–water partition coefficient (Wildman–Crippen LogP) is 4.24. The molecule has 1 saturated carbocycles. The molecule has 10 heteroatoms. The molecule has 4 rings (SSSR count). The molecule has 2 aliphatic rings. The Labute approximate surface area is 222 Å². The second-order valence-corrected chi connectivity index (χ2v) is 13.1. The third-order valence-corrected chi connectivity index (χ3v) is 8.15. The lowest BCUT2D eigenvalue weighted by molar-refractivity contribution is -0.128. The van der Waals surface area contributed by atoms with E-state index in [0.29, 0.717) is 11.1 Å². The Morgan fingerprint density at radius 1 is 1.16 bits per heavy atom. The molecule has 1 saturated heterocycles. The lowest BCUT2D eigenvalue weighted by Crippen LogP contribution is -2.55. The molecule has 2 aromatic carbocycles. The number of carbonyl (C=O) groups is 2. The van der Waals surface area contributed by atoms with Crippen LogP contribution in [0.1, 0.15) is 45.6 Å². The molecule has 1 heterocycles. The van der Waals surface area contributed by atoms with Gasteiger partial charge in [0.1, 0.15) is 23.5 Å². The van der Waals surface area contributed by atoms with Gasteiger partial charge in [0.2, 0.25) is 5.91 Å². The average molecular weight is 542 g/mol. The fourth-order valence-corrected chi connectivity index (χ4v) is 5.93. The zero-order valence-corrected chi connectivity index (χ0v) is 22.7. The smallest absolute Gasteiger partial charge is 0.411 e. The number of nitrogens with zero attached hydrogens (tertiary/aromatic N) is 2. The Kier molecular flexibility index (Phi) is 7.53. The highest BCUT2D eigenvalue weighted by molar-refractivity contribution is 7.90. The quantitative estimate of drug-likeness (QED) is 0.585. The van der Waals surface area contributed by atoms with Gasteiger partial charge in [-0.05, 0) is 80.8 Å². The van der Waals surface area contributed by atoms with Crippen molar-refractivity contribution in [1.29, 1.82) is 5.26 Å². The van der Waals surface area contributed by atoms with Crippen molar-refractivity contribution in [3.63, 3.8) is 0 Å². The fraction of sp³-hybridized carbons (Fsp3) is 0.464. The van der Waals surface area contributed by atoms with Gasteiger partial charge in [-0.3, -0.25) is 9.69 Å². The predicted molar refractivity (Wildman–Crippen MR) is 139 cm³/mol. The van der Waals surface area contributed by atoms with Crippen LogP contribution in [0.15, 0.2) is 47.4 Å². The third-order valence-electron chi connectivity index (χ3n) is 7.02. The van der Waals surface area contributed by atoms with Crippen LogP contribution in [0, 0.1) is 23.1 Å². The van der Waals surface area contributed by atoms with E-state index in [4.69, 9.17) is 4.74 Å². The molecular weight excluding hydrogens is 509 g/mol. The number of fused-ring (bicyclic) bond motifs is 2. The lowest BCUT2D eigenvalue weighted by Gasteiger charge is -2.35. The van der Waals surface area contributed by atoms with Gasteiger partial charge in [-0.2, -0.15) is 5.26 Å². The average Bonchev–Trinajstić information content (AvgIpc) is 3.45.